The van der Waals surface area contributed by atoms with Crippen LogP contribution in [0.25, 0.3) is 11.1 Å². The van der Waals surface area contributed by atoms with Crippen molar-refractivity contribution in [3.63, 3.8) is 0 Å². The molecule has 0 spiro atoms. The average molecular weight is 675 g/mol. The summed E-state index contributed by atoms with van der Waals surface area (Å²) in [4.78, 5) is 0. The van der Waals surface area contributed by atoms with Gasteiger partial charge in [0.25, 0.3) is 0 Å². The van der Waals surface area contributed by atoms with E-state index in [1.165, 1.54) is 48.8 Å². The van der Waals surface area contributed by atoms with Crippen LogP contribution in [-0.2, 0) is 24.7 Å². The van der Waals surface area contributed by atoms with Crippen LogP contribution in [0.15, 0.2) is 112 Å². The van der Waals surface area contributed by atoms with E-state index in [2.05, 4.69) is 145 Å². The molecule has 2 aliphatic rings. The average Bonchev–Trinajstić information content (AvgIpc) is 3.56. The SMILES string of the molecule is Cl.Cl.[CH2]=[Zr]([C]1=CC(C(C)(C)C)=CC1CC)([c]1ccc(C)cc1)([c]1ccc(C)cc1)[c]1cccc2c1Cc1ccccc1-2. The summed E-state index contributed by atoms with van der Waals surface area (Å²) >= 11 is -4.77. The third-order valence-corrected chi connectivity index (χ3v) is 26.2. The Morgan fingerprint density at radius 2 is 1.29 bits per heavy atom. The van der Waals surface area contributed by atoms with E-state index >= 15 is 0 Å². The predicted molar refractivity (Wildman–Crippen MR) is 187 cm³/mol. The number of hydrogen-bond donors (Lipinski definition) is 0. The van der Waals surface area contributed by atoms with Crippen LogP contribution in [0.4, 0.5) is 0 Å². The van der Waals surface area contributed by atoms with Crippen LogP contribution in [0.2, 0.25) is 0 Å². The van der Waals surface area contributed by atoms with Crippen LogP contribution in [-0.4, -0.2) is 4.21 Å². The standard InChI is InChI=1S/C13H9.C11H17.2C7H7.CH2.2ClH.Zr/c1-3-7-12-10(5-1)9-11-6-2-4-8-13(11)12;1-5-9-6-7-10(8-9)11(2,3)4;2*1-7-5-3-2-4-6-7;;;;/h1-5,7-8H,9H2;7-9H,5H2,1-4H3;2*3-6H,1H3;1H2;2*1H;. The monoisotopic (exact) mass is 672 g/mol. The van der Waals surface area contributed by atoms with Crippen LogP contribution in [0.3, 0.4) is 0 Å². The van der Waals surface area contributed by atoms with Gasteiger partial charge in [-0.05, 0) is 0 Å². The predicted octanol–water partition coefficient (Wildman–Crippen LogP) is 9.01. The van der Waals surface area contributed by atoms with E-state index in [4.69, 9.17) is 4.21 Å². The Hall–Kier alpha value is -2.31. The molecular weight excluding hydrogens is 631 g/mol. The first-order valence-corrected chi connectivity index (χ1v) is 21.5. The molecule has 0 aliphatic heterocycles. The molecule has 0 fully saturated rings. The first kappa shape index (κ1) is 32.6. The van der Waals surface area contributed by atoms with Gasteiger partial charge in [0.2, 0.25) is 0 Å². The van der Waals surface area contributed by atoms with Gasteiger partial charge in [-0.25, -0.2) is 0 Å². The van der Waals surface area contributed by atoms with E-state index in [0.29, 0.717) is 5.92 Å². The second-order valence-corrected chi connectivity index (χ2v) is 26.1. The van der Waals surface area contributed by atoms with Gasteiger partial charge in [-0.3, -0.25) is 0 Å². The topological polar surface area (TPSA) is 0 Å². The number of hydrogen-bond acceptors (Lipinski definition) is 0. The van der Waals surface area contributed by atoms with Gasteiger partial charge in [-0.2, -0.15) is 0 Å². The molecular formula is C39H44Cl2Zr. The molecule has 4 aromatic carbocycles. The molecule has 6 rings (SSSR count). The molecule has 4 aromatic rings. The van der Waals surface area contributed by atoms with Crippen molar-refractivity contribution in [2.75, 3.05) is 0 Å². The minimum absolute atomic E-state index is 0. The van der Waals surface area contributed by atoms with Crippen LogP contribution in [0.1, 0.15) is 56.4 Å². The fraction of sp³-hybridized carbons (Fsp3) is 0.256. The zero-order chi connectivity index (χ0) is 28.3. The van der Waals surface area contributed by atoms with Gasteiger partial charge in [-0.15, -0.1) is 24.8 Å². The number of rotatable bonds is 5. The van der Waals surface area contributed by atoms with Crippen molar-refractivity contribution in [1.82, 2.24) is 0 Å². The fourth-order valence-corrected chi connectivity index (χ4v) is 23.9. The zero-order valence-electron chi connectivity index (χ0n) is 25.8. The number of benzene rings is 4. The molecule has 0 amide bonds. The second kappa shape index (κ2) is 11.7. The van der Waals surface area contributed by atoms with Crippen LogP contribution < -0.4 is 9.81 Å². The molecule has 1 atom stereocenters. The molecule has 218 valence electrons. The number of fused-ring (bicyclic) bond motifs is 3. The number of aryl methyl sites for hydroxylation is 2. The van der Waals surface area contributed by atoms with Crippen molar-refractivity contribution < 1.29 is 18.3 Å². The molecule has 0 bridgehead atoms. The molecule has 0 aromatic heterocycles. The van der Waals surface area contributed by atoms with Crippen molar-refractivity contribution in [3.05, 3.63) is 134 Å². The Bertz CT molecular complexity index is 1700. The normalized spacial score (nSPS) is 16.0. The Kier molecular flexibility index (Phi) is 9.04. The van der Waals surface area contributed by atoms with E-state index in [9.17, 15) is 0 Å². The fourth-order valence-electron chi connectivity index (χ4n) is 7.49. The quantitative estimate of drug-likeness (QED) is 0.175. The van der Waals surface area contributed by atoms with E-state index in [-0.39, 0.29) is 30.2 Å². The van der Waals surface area contributed by atoms with Crippen molar-refractivity contribution in [1.29, 1.82) is 0 Å². The van der Waals surface area contributed by atoms with Gasteiger partial charge < -0.3 is 0 Å². The summed E-state index contributed by atoms with van der Waals surface area (Å²) in [5.41, 5.74) is 9.83. The van der Waals surface area contributed by atoms with Crippen LogP contribution >= 0.6 is 24.8 Å². The first-order valence-electron chi connectivity index (χ1n) is 14.9. The summed E-state index contributed by atoms with van der Waals surface area (Å²) in [6.45, 7) is 13.8. The van der Waals surface area contributed by atoms with Crippen LogP contribution in [0, 0.1) is 25.2 Å². The molecule has 0 N–H and O–H groups in total. The number of halogens is 2. The summed E-state index contributed by atoms with van der Waals surface area (Å²) < 4.78 is 11.7. The maximum absolute atomic E-state index is 5.72. The second-order valence-electron chi connectivity index (χ2n) is 13.3. The van der Waals surface area contributed by atoms with Gasteiger partial charge in [0, 0.05) is 0 Å². The van der Waals surface area contributed by atoms with Crippen molar-refractivity contribution in [2.24, 2.45) is 11.3 Å². The molecule has 0 heterocycles. The third-order valence-electron chi connectivity index (χ3n) is 9.86. The van der Waals surface area contributed by atoms with Crippen molar-refractivity contribution in [3.8, 4) is 11.1 Å². The third kappa shape index (κ3) is 4.81. The van der Waals surface area contributed by atoms with Gasteiger partial charge >= 0.3 is 243 Å². The van der Waals surface area contributed by atoms with E-state index < -0.39 is 18.3 Å². The van der Waals surface area contributed by atoms with Gasteiger partial charge in [0.15, 0.2) is 0 Å². The van der Waals surface area contributed by atoms with Crippen molar-refractivity contribution in [2.45, 2.75) is 54.4 Å². The molecule has 0 saturated heterocycles. The van der Waals surface area contributed by atoms with E-state index in [1.807, 2.05) is 0 Å². The summed E-state index contributed by atoms with van der Waals surface area (Å²) in [6.07, 6.45) is 7.24. The minimum atomic E-state index is -4.77. The van der Waals surface area contributed by atoms with E-state index in [0.717, 1.165) is 12.8 Å². The molecule has 42 heavy (non-hydrogen) atoms. The Labute approximate surface area is 266 Å². The molecule has 1 unspecified atom stereocenters. The van der Waals surface area contributed by atoms with Gasteiger partial charge in [-0.1, -0.05) is 0 Å². The summed E-state index contributed by atoms with van der Waals surface area (Å²) in [7, 11) is 0. The molecule has 0 radical (unpaired) electrons. The first-order chi connectivity index (χ1) is 19.1. The Morgan fingerprint density at radius 1 is 0.738 bits per heavy atom. The molecule has 3 heteroatoms. The number of allylic oxidation sites excluding steroid dienone is 4. The Balaban J connectivity index is 0.00000202. The van der Waals surface area contributed by atoms with E-state index in [1.54, 1.807) is 3.28 Å². The zero-order valence-corrected chi connectivity index (χ0v) is 29.9. The molecule has 2 aliphatic carbocycles. The van der Waals surface area contributed by atoms with Crippen molar-refractivity contribution >= 4 is 38.8 Å². The van der Waals surface area contributed by atoms with Gasteiger partial charge in [0.05, 0.1) is 0 Å². The Morgan fingerprint density at radius 3 is 1.83 bits per heavy atom. The van der Waals surface area contributed by atoms with Gasteiger partial charge in [0.1, 0.15) is 0 Å². The summed E-state index contributed by atoms with van der Waals surface area (Å²) in [5.74, 6) is 0.375. The summed E-state index contributed by atoms with van der Waals surface area (Å²) in [5, 5.41) is 0. The summed E-state index contributed by atoms with van der Waals surface area (Å²) in [6, 6.07) is 35.1. The maximum atomic E-state index is 5.72. The van der Waals surface area contributed by atoms with Crippen LogP contribution in [0.5, 0.6) is 0 Å². The molecule has 0 nitrogen and oxygen atoms in total. The molecule has 0 saturated carbocycles.